The molecule has 1 aliphatic heterocycles. The summed E-state index contributed by atoms with van der Waals surface area (Å²) in [5.74, 6) is 2.09. The molecule has 0 spiro atoms. The van der Waals surface area contributed by atoms with Gasteiger partial charge in [-0.15, -0.1) is 11.8 Å². The number of hydrogen-bond donors (Lipinski definition) is 1. The first-order valence-corrected chi connectivity index (χ1v) is 8.47. The van der Waals surface area contributed by atoms with E-state index < -0.39 is 5.60 Å². The molecule has 2 rings (SSSR count). The number of amides is 1. The Morgan fingerprint density at radius 3 is 2.81 bits per heavy atom. The second kappa shape index (κ2) is 6.40. The number of aromatic nitrogens is 1. The van der Waals surface area contributed by atoms with Crippen molar-refractivity contribution in [2.24, 2.45) is 0 Å². The predicted molar refractivity (Wildman–Crippen MR) is 83.2 cm³/mol. The Morgan fingerprint density at radius 1 is 1.52 bits per heavy atom. The van der Waals surface area contributed by atoms with Crippen LogP contribution in [0.15, 0.2) is 4.52 Å². The molecule has 6 heteroatoms. The highest BCUT2D eigenvalue weighted by atomic mass is 32.2. The van der Waals surface area contributed by atoms with E-state index in [1.807, 2.05) is 18.7 Å². The van der Waals surface area contributed by atoms with Crippen molar-refractivity contribution >= 4 is 17.7 Å². The summed E-state index contributed by atoms with van der Waals surface area (Å²) in [5.41, 5.74) is 1.13. The minimum absolute atomic E-state index is 0.0651. The zero-order valence-electron chi connectivity index (χ0n) is 13.2. The molecule has 2 heterocycles. The molecule has 1 saturated heterocycles. The van der Waals surface area contributed by atoms with E-state index in [1.165, 1.54) is 0 Å². The van der Waals surface area contributed by atoms with E-state index >= 15 is 0 Å². The molecule has 1 atom stereocenters. The molecule has 0 saturated carbocycles. The van der Waals surface area contributed by atoms with E-state index in [4.69, 9.17) is 4.52 Å². The van der Waals surface area contributed by atoms with Gasteiger partial charge in [-0.3, -0.25) is 4.79 Å². The van der Waals surface area contributed by atoms with E-state index in [0.717, 1.165) is 42.2 Å². The summed E-state index contributed by atoms with van der Waals surface area (Å²) in [6.07, 6.45) is 1.85. The topological polar surface area (TPSA) is 66.6 Å². The lowest BCUT2D eigenvalue weighted by Gasteiger charge is -2.33. The van der Waals surface area contributed by atoms with Crippen molar-refractivity contribution in [3.05, 3.63) is 17.0 Å². The molecular formula is C15H24N2O3S. The summed E-state index contributed by atoms with van der Waals surface area (Å²) in [7, 11) is 0. The van der Waals surface area contributed by atoms with Gasteiger partial charge >= 0.3 is 0 Å². The molecule has 1 aliphatic rings. The van der Waals surface area contributed by atoms with Crippen molar-refractivity contribution in [2.45, 2.75) is 57.9 Å². The van der Waals surface area contributed by atoms with Crippen molar-refractivity contribution in [1.82, 2.24) is 10.1 Å². The molecule has 1 aromatic heterocycles. The van der Waals surface area contributed by atoms with Gasteiger partial charge < -0.3 is 14.5 Å². The van der Waals surface area contributed by atoms with Crippen LogP contribution in [0.1, 0.15) is 43.7 Å². The van der Waals surface area contributed by atoms with Gasteiger partial charge in [-0.1, -0.05) is 5.16 Å². The predicted octanol–water partition coefficient (Wildman–Crippen LogP) is 2.29. The number of likely N-dealkylation sites (tertiary alicyclic amines) is 1. The van der Waals surface area contributed by atoms with Crippen LogP contribution < -0.4 is 0 Å². The van der Waals surface area contributed by atoms with Gasteiger partial charge in [-0.25, -0.2) is 0 Å². The molecule has 1 fully saturated rings. The van der Waals surface area contributed by atoms with Gasteiger partial charge in [0, 0.05) is 17.9 Å². The second-order valence-electron chi connectivity index (χ2n) is 6.19. The lowest BCUT2D eigenvalue weighted by molar-refractivity contribution is -0.133. The number of aryl methyl sites for hydroxylation is 2. The molecule has 21 heavy (non-hydrogen) atoms. The van der Waals surface area contributed by atoms with E-state index in [-0.39, 0.29) is 11.9 Å². The standard InChI is InChI=1S/C15H24N2O3S/c1-10-12(11(2)20-16-10)8-21-9-14(18)17-7-5-6-13(17)15(3,4)19/h13,19H,5-9H2,1-4H3. The third-order valence-electron chi connectivity index (χ3n) is 4.04. The molecule has 1 aromatic rings. The molecule has 0 aliphatic carbocycles. The van der Waals surface area contributed by atoms with E-state index in [9.17, 15) is 9.90 Å². The van der Waals surface area contributed by atoms with Crippen LogP contribution in [0.25, 0.3) is 0 Å². The molecule has 0 radical (unpaired) electrons. The second-order valence-corrected chi connectivity index (χ2v) is 7.18. The average Bonchev–Trinajstić information content (AvgIpc) is 2.99. The van der Waals surface area contributed by atoms with Crippen LogP contribution in [-0.4, -0.2) is 45.0 Å². The van der Waals surface area contributed by atoms with Gasteiger partial charge in [0.2, 0.25) is 5.91 Å². The molecule has 118 valence electrons. The molecular weight excluding hydrogens is 288 g/mol. The smallest absolute Gasteiger partial charge is 0.232 e. The van der Waals surface area contributed by atoms with Crippen molar-refractivity contribution < 1.29 is 14.4 Å². The van der Waals surface area contributed by atoms with Crippen LogP contribution in [0.3, 0.4) is 0 Å². The number of thioether (sulfide) groups is 1. The third kappa shape index (κ3) is 3.80. The summed E-state index contributed by atoms with van der Waals surface area (Å²) in [5, 5.41) is 14.1. The third-order valence-corrected chi connectivity index (χ3v) is 4.99. The lowest BCUT2D eigenvalue weighted by Crippen LogP contribution is -2.48. The van der Waals surface area contributed by atoms with E-state index in [2.05, 4.69) is 5.16 Å². The first-order valence-electron chi connectivity index (χ1n) is 7.32. The Labute approximate surface area is 130 Å². The summed E-state index contributed by atoms with van der Waals surface area (Å²) < 4.78 is 5.12. The van der Waals surface area contributed by atoms with E-state index in [1.54, 1.807) is 25.6 Å². The van der Waals surface area contributed by atoms with Crippen LogP contribution in [0.2, 0.25) is 0 Å². The minimum atomic E-state index is -0.835. The zero-order chi connectivity index (χ0) is 15.6. The maximum atomic E-state index is 12.4. The minimum Gasteiger partial charge on any atom is -0.388 e. The van der Waals surface area contributed by atoms with Crippen LogP contribution in [-0.2, 0) is 10.5 Å². The van der Waals surface area contributed by atoms with Crippen molar-refractivity contribution in [2.75, 3.05) is 12.3 Å². The Hall–Kier alpha value is -1.01. The molecule has 0 aromatic carbocycles. The summed E-state index contributed by atoms with van der Waals surface area (Å²) >= 11 is 1.57. The largest absolute Gasteiger partial charge is 0.388 e. The van der Waals surface area contributed by atoms with Crippen molar-refractivity contribution in [3.8, 4) is 0 Å². The molecule has 1 N–H and O–H groups in total. The van der Waals surface area contributed by atoms with E-state index in [0.29, 0.717) is 5.75 Å². The Bertz CT molecular complexity index is 488. The summed E-state index contributed by atoms with van der Waals surface area (Å²) in [6.45, 7) is 8.11. The number of nitrogens with zero attached hydrogens (tertiary/aromatic N) is 2. The molecule has 1 amide bonds. The fourth-order valence-electron chi connectivity index (χ4n) is 2.83. The summed E-state index contributed by atoms with van der Waals surface area (Å²) in [4.78, 5) is 14.2. The van der Waals surface area contributed by atoms with Crippen molar-refractivity contribution in [3.63, 3.8) is 0 Å². The van der Waals surface area contributed by atoms with Gasteiger partial charge in [0.15, 0.2) is 0 Å². The number of aliphatic hydroxyl groups is 1. The Kier molecular flexibility index (Phi) is 4.99. The lowest BCUT2D eigenvalue weighted by atomic mass is 9.97. The van der Waals surface area contributed by atoms with Gasteiger partial charge in [0.25, 0.3) is 0 Å². The maximum absolute atomic E-state index is 12.4. The SMILES string of the molecule is Cc1noc(C)c1CSCC(=O)N1CCCC1C(C)(C)O. The van der Waals surface area contributed by atoms with Crippen LogP contribution >= 0.6 is 11.8 Å². The van der Waals surface area contributed by atoms with Crippen molar-refractivity contribution in [1.29, 1.82) is 0 Å². The van der Waals surface area contributed by atoms with Gasteiger partial charge in [-0.05, 0) is 40.5 Å². The fourth-order valence-corrected chi connectivity index (χ4v) is 3.89. The Balaban J connectivity index is 1.87. The number of carbonyl (C=O) groups excluding carboxylic acids is 1. The molecule has 1 unspecified atom stereocenters. The fraction of sp³-hybridized carbons (Fsp3) is 0.733. The van der Waals surface area contributed by atoms with Gasteiger partial charge in [-0.2, -0.15) is 0 Å². The highest BCUT2D eigenvalue weighted by molar-refractivity contribution is 7.99. The molecule has 5 nitrogen and oxygen atoms in total. The highest BCUT2D eigenvalue weighted by Crippen LogP contribution is 2.28. The zero-order valence-corrected chi connectivity index (χ0v) is 14.0. The summed E-state index contributed by atoms with van der Waals surface area (Å²) in [6, 6.07) is -0.0651. The van der Waals surface area contributed by atoms with Gasteiger partial charge in [0.05, 0.1) is 23.1 Å². The average molecular weight is 312 g/mol. The quantitative estimate of drug-likeness (QED) is 0.903. The van der Waals surface area contributed by atoms with Crippen LogP contribution in [0.4, 0.5) is 0 Å². The monoisotopic (exact) mass is 312 g/mol. The normalized spacial score (nSPS) is 19.3. The first-order chi connectivity index (χ1) is 9.80. The number of rotatable bonds is 5. The molecule has 0 bridgehead atoms. The first kappa shape index (κ1) is 16.4. The van der Waals surface area contributed by atoms with Gasteiger partial charge in [0.1, 0.15) is 5.76 Å². The Morgan fingerprint density at radius 2 is 2.24 bits per heavy atom. The maximum Gasteiger partial charge on any atom is 0.232 e. The number of hydrogen-bond acceptors (Lipinski definition) is 5. The number of carbonyl (C=O) groups is 1. The van der Waals surface area contributed by atoms with Crippen LogP contribution in [0, 0.1) is 13.8 Å². The highest BCUT2D eigenvalue weighted by Gasteiger charge is 2.38. The van der Waals surface area contributed by atoms with Crippen LogP contribution in [0.5, 0.6) is 0 Å².